The number of sulfone groups is 1. The predicted molar refractivity (Wildman–Crippen MR) is 122 cm³/mol. The summed E-state index contributed by atoms with van der Waals surface area (Å²) in [5.74, 6) is -0.0938. The highest BCUT2D eigenvalue weighted by Crippen LogP contribution is 2.50. The van der Waals surface area contributed by atoms with Gasteiger partial charge in [0.25, 0.3) is 0 Å². The van der Waals surface area contributed by atoms with Gasteiger partial charge in [-0.2, -0.15) is 13.2 Å². The molecule has 34 heavy (non-hydrogen) atoms. The van der Waals surface area contributed by atoms with Gasteiger partial charge < -0.3 is 15.4 Å². The molecular formula is C22H28F3N5O3S. The quantitative estimate of drug-likeness (QED) is 0.665. The number of hydrogen-bond acceptors (Lipinski definition) is 8. The Bertz CT molecular complexity index is 1180. The summed E-state index contributed by atoms with van der Waals surface area (Å²) in [6.45, 7) is 6.34. The van der Waals surface area contributed by atoms with Crippen LogP contribution in [0.3, 0.4) is 0 Å². The maximum atomic E-state index is 13.9. The van der Waals surface area contributed by atoms with Crippen LogP contribution in [0.4, 0.5) is 24.9 Å². The summed E-state index contributed by atoms with van der Waals surface area (Å²) in [6.07, 6.45) is -2.28. The van der Waals surface area contributed by atoms with E-state index < -0.39 is 31.6 Å². The molecule has 2 aromatic rings. The number of pyridine rings is 1. The number of anilines is 2. The third-order valence-corrected chi connectivity index (χ3v) is 9.59. The standard InChI is InChI=1S/C22H28F3N5O3S/c1-13(2)34(31,32)21(5-4-6-21)18-10-17(15-11-27-19(26)9-16(15)22(23,24)25)28-20(29-18)30-7-8-33-12-14(30)3/h9-11,13-14H,4-8,12H2,1-3H3,(H2,26,27)/t14-/m0/s1. The van der Waals surface area contributed by atoms with E-state index in [0.29, 0.717) is 39.0 Å². The second kappa shape index (κ2) is 8.63. The Morgan fingerprint density at radius 1 is 1.24 bits per heavy atom. The van der Waals surface area contributed by atoms with Crippen molar-refractivity contribution in [3.63, 3.8) is 0 Å². The number of nitrogens with two attached hydrogens (primary N) is 1. The number of morpholine rings is 1. The van der Waals surface area contributed by atoms with Crippen molar-refractivity contribution in [2.75, 3.05) is 30.4 Å². The highest BCUT2D eigenvalue weighted by Gasteiger charge is 2.53. The van der Waals surface area contributed by atoms with Crippen molar-refractivity contribution in [1.82, 2.24) is 15.0 Å². The smallest absolute Gasteiger partial charge is 0.384 e. The van der Waals surface area contributed by atoms with Crippen molar-refractivity contribution < 1.29 is 26.3 Å². The van der Waals surface area contributed by atoms with Crippen LogP contribution >= 0.6 is 0 Å². The Kier molecular flexibility index (Phi) is 6.26. The zero-order chi connectivity index (χ0) is 24.9. The van der Waals surface area contributed by atoms with Gasteiger partial charge >= 0.3 is 6.18 Å². The van der Waals surface area contributed by atoms with E-state index in [0.717, 1.165) is 12.3 Å². The maximum absolute atomic E-state index is 13.9. The molecule has 0 amide bonds. The van der Waals surface area contributed by atoms with Crippen LogP contribution in [-0.4, -0.2) is 54.4 Å². The zero-order valence-electron chi connectivity index (χ0n) is 19.3. The van der Waals surface area contributed by atoms with Crippen LogP contribution < -0.4 is 10.6 Å². The van der Waals surface area contributed by atoms with Crippen molar-refractivity contribution in [1.29, 1.82) is 0 Å². The largest absolute Gasteiger partial charge is 0.417 e. The van der Waals surface area contributed by atoms with Gasteiger partial charge in [0.15, 0.2) is 9.84 Å². The monoisotopic (exact) mass is 499 g/mol. The number of alkyl halides is 3. The fourth-order valence-corrected chi connectivity index (χ4v) is 6.66. The van der Waals surface area contributed by atoms with E-state index in [-0.39, 0.29) is 34.8 Å². The molecule has 2 aliphatic rings. The third kappa shape index (κ3) is 4.10. The van der Waals surface area contributed by atoms with Crippen LogP contribution in [0.2, 0.25) is 0 Å². The van der Waals surface area contributed by atoms with Crippen molar-refractivity contribution in [2.24, 2.45) is 0 Å². The minimum Gasteiger partial charge on any atom is -0.384 e. The number of hydrogen-bond donors (Lipinski definition) is 1. The minimum atomic E-state index is -4.71. The fourth-order valence-electron chi connectivity index (χ4n) is 4.50. The summed E-state index contributed by atoms with van der Waals surface area (Å²) >= 11 is 0. The van der Waals surface area contributed by atoms with Crippen LogP contribution in [0, 0.1) is 0 Å². The Labute approximate surface area is 196 Å². The first-order chi connectivity index (χ1) is 15.9. The lowest BCUT2D eigenvalue weighted by Gasteiger charge is -2.42. The predicted octanol–water partition coefficient (Wildman–Crippen LogP) is 3.57. The van der Waals surface area contributed by atoms with Gasteiger partial charge in [-0.05, 0) is 52.2 Å². The lowest BCUT2D eigenvalue weighted by atomic mass is 9.81. The summed E-state index contributed by atoms with van der Waals surface area (Å²) < 4.78 is 72.7. The molecular weight excluding hydrogens is 471 g/mol. The molecule has 0 unspecified atom stereocenters. The average molecular weight is 500 g/mol. The molecule has 1 aliphatic heterocycles. The number of aromatic nitrogens is 3. The highest BCUT2D eigenvalue weighted by molar-refractivity contribution is 7.93. The van der Waals surface area contributed by atoms with Crippen LogP contribution in [0.15, 0.2) is 18.3 Å². The normalized spacial score (nSPS) is 20.9. The topological polar surface area (TPSA) is 111 Å². The number of ether oxygens (including phenoxy) is 1. The summed E-state index contributed by atoms with van der Waals surface area (Å²) in [4.78, 5) is 14.8. The van der Waals surface area contributed by atoms with Crippen molar-refractivity contribution in [2.45, 2.75) is 62.2 Å². The zero-order valence-corrected chi connectivity index (χ0v) is 20.1. The van der Waals surface area contributed by atoms with Crippen LogP contribution in [0.1, 0.15) is 51.3 Å². The Morgan fingerprint density at radius 2 is 1.94 bits per heavy atom. The minimum absolute atomic E-state index is 0.0382. The summed E-state index contributed by atoms with van der Waals surface area (Å²) in [7, 11) is -3.65. The highest BCUT2D eigenvalue weighted by atomic mass is 32.2. The average Bonchev–Trinajstić information content (AvgIpc) is 2.72. The van der Waals surface area contributed by atoms with E-state index in [9.17, 15) is 21.6 Å². The number of nitrogen functional groups attached to an aromatic ring is 1. The van der Waals surface area contributed by atoms with Crippen LogP contribution in [0.5, 0.6) is 0 Å². The van der Waals surface area contributed by atoms with Gasteiger partial charge in [-0.3, -0.25) is 0 Å². The summed E-state index contributed by atoms with van der Waals surface area (Å²) in [6, 6.07) is 2.00. The molecule has 1 saturated carbocycles. The molecule has 0 spiro atoms. The Balaban J connectivity index is 1.97. The molecule has 4 rings (SSSR count). The van der Waals surface area contributed by atoms with Crippen molar-refractivity contribution in [3.05, 3.63) is 29.6 Å². The van der Waals surface area contributed by atoms with Crippen molar-refractivity contribution >= 4 is 21.6 Å². The van der Waals surface area contributed by atoms with E-state index in [1.54, 1.807) is 13.8 Å². The second-order valence-electron chi connectivity index (χ2n) is 9.15. The maximum Gasteiger partial charge on any atom is 0.417 e. The van der Waals surface area contributed by atoms with E-state index in [1.165, 1.54) is 6.07 Å². The van der Waals surface area contributed by atoms with Gasteiger partial charge in [0.2, 0.25) is 5.95 Å². The number of rotatable bonds is 5. The van der Waals surface area contributed by atoms with E-state index >= 15 is 0 Å². The molecule has 12 heteroatoms. The molecule has 3 heterocycles. The first-order valence-corrected chi connectivity index (χ1v) is 12.7. The summed E-state index contributed by atoms with van der Waals surface area (Å²) in [5.41, 5.74) is 4.46. The second-order valence-corrected chi connectivity index (χ2v) is 12.0. The Hall–Kier alpha value is -2.47. The van der Waals surface area contributed by atoms with E-state index in [2.05, 4.69) is 15.0 Å². The molecule has 1 aliphatic carbocycles. The first-order valence-electron chi connectivity index (χ1n) is 11.2. The molecule has 8 nitrogen and oxygen atoms in total. The fraction of sp³-hybridized carbons (Fsp3) is 0.591. The lowest BCUT2D eigenvalue weighted by molar-refractivity contribution is -0.137. The van der Waals surface area contributed by atoms with Gasteiger partial charge in [0, 0.05) is 18.3 Å². The van der Waals surface area contributed by atoms with Crippen LogP contribution in [-0.2, 0) is 25.5 Å². The van der Waals surface area contributed by atoms with E-state index in [4.69, 9.17) is 10.5 Å². The van der Waals surface area contributed by atoms with Gasteiger partial charge in [0.05, 0.1) is 41.5 Å². The first kappa shape index (κ1) is 24.6. The number of halogens is 3. The molecule has 2 N–H and O–H groups in total. The van der Waals surface area contributed by atoms with Gasteiger partial charge in [-0.25, -0.2) is 23.4 Å². The number of nitrogens with zero attached hydrogens (tertiary/aromatic N) is 4. The molecule has 0 bridgehead atoms. The van der Waals surface area contributed by atoms with Gasteiger partial charge in [-0.15, -0.1) is 0 Å². The molecule has 186 valence electrons. The molecule has 1 saturated heterocycles. The van der Waals surface area contributed by atoms with Crippen molar-refractivity contribution in [3.8, 4) is 11.3 Å². The third-order valence-electron chi connectivity index (χ3n) is 6.64. The van der Waals surface area contributed by atoms with Gasteiger partial charge in [0.1, 0.15) is 10.6 Å². The van der Waals surface area contributed by atoms with Gasteiger partial charge in [-0.1, -0.05) is 0 Å². The molecule has 0 radical (unpaired) electrons. The molecule has 2 aromatic heterocycles. The Morgan fingerprint density at radius 3 is 2.50 bits per heavy atom. The van der Waals surface area contributed by atoms with Crippen LogP contribution in [0.25, 0.3) is 11.3 Å². The lowest BCUT2D eigenvalue weighted by Crippen LogP contribution is -2.48. The van der Waals surface area contributed by atoms with E-state index in [1.807, 2.05) is 11.8 Å². The molecule has 0 aromatic carbocycles. The molecule has 1 atom stereocenters. The molecule has 2 fully saturated rings. The SMILES string of the molecule is CC(C)S(=O)(=O)C1(c2cc(-c3cnc(N)cc3C(F)(F)F)nc(N3CCOC[C@@H]3C)n2)CCC1. The summed E-state index contributed by atoms with van der Waals surface area (Å²) in [5, 5.41) is -0.666.